The van der Waals surface area contributed by atoms with Crippen molar-refractivity contribution < 1.29 is 8.83 Å². The molecule has 230 valence electrons. The SMILES string of the molecule is c1ccc(-c2ccc(N(c3ccc(-c4ccccc4)cc3)c3ccc4oc5c6ccccc6c6c7ccccc7oc6c5c4c3)cc2)cc1. The lowest BCUT2D eigenvalue weighted by Gasteiger charge is -2.26. The highest BCUT2D eigenvalue weighted by atomic mass is 16.3. The van der Waals surface area contributed by atoms with E-state index in [4.69, 9.17) is 8.83 Å². The van der Waals surface area contributed by atoms with Gasteiger partial charge in [-0.05, 0) is 76.2 Å². The molecular formula is C46H29NO2. The van der Waals surface area contributed by atoms with Crippen LogP contribution in [0.25, 0.3) is 76.9 Å². The van der Waals surface area contributed by atoms with Gasteiger partial charge in [0.1, 0.15) is 22.3 Å². The molecule has 8 aromatic carbocycles. The molecule has 49 heavy (non-hydrogen) atoms. The Bertz CT molecular complexity index is 2710. The first-order valence-electron chi connectivity index (χ1n) is 16.6. The summed E-state index contributed by atoms with van der Waals surface area (Å²) >= 11 is 0. The van der Waals surface area contributed by atoms with E-state index in [1.165, 1.54) is 22.3 Å². The van der Waals surface area contributed by atoms with Crippen LogP contribution in [0.15, 0.2) is 185 Å². The van der Waals surface area contributed by atoms with E-state index >= 15 is 0 Å². The number of rotatable bonds is 5. The van der Waals surface area contributed by atoms with Crippen LogP contribution in [0.5, 0.6) is 0 Å². The van der Waals surface area contributed by atoms with Gasteiger partial charge in [-0.15, -0.1) is 0 Å². The molecule has 0 saturated carbocycles. The summed E-state index contributed by atoms with van der Waals surface area (Å²) in [4.78, 5) is 2.32. The predicted octanol–water partition coefficient (Wildman–Crippen LogP) is 13.4. The average Bonchev–Trinajstić information content (AvgIpc) is 3.75. The van der Waals surface area contributed by atoms with E-state index < -0.39 is 0 Å². The van der Waals surface area contributed by atoms with Crippen LogP contribution in [0.2, 0.25) is 0 Å². The van der Waals surface area contributed by atoms with Crippen LogP contribution < -0.4 is 4.90 Å². The number of anilines is 3. The predicted molar refractivity (Wildman–Crippen MR) is 204 cm³/mol. The fourth-order valence-corrected chi connectivity index (χ4v) is 7.34. The van der Waals surface area contributed by atoms with E-state index in [0.29, 0.717) is 0 Å². The molecule has 0 saturated heterocycles. The Morgan fingerprint density at radius 3 is 1.41 bits per heavy atom. The Hall–Kier alpha value is -6.58. The lowest BCUT2D eigenvalue weighted by atomic mass is 9.99. The quantitative estimate of drug-likeness (QED) is 0.190. The second-order valence-corrected chi connectivity index (χ2v) is 12.5. The van der Waals surface area contributed by atoms with Gasteiger partial charge in [0, 0.05) is 38.6 Å². The lowest BCUT2D eigenvalue weighted by molar-refractivity contribution is 0.665. The highest BCUT2D eigenvalue weighted by Gasteiger charge is 2.22. The van der Waals surface area contributed by atoms with Gasteiger partial charge in [-0.3, -0.25) is 0 Å². The zero-order valence-corrected chi connectivity index (χ0v) is 26.5. The van der Waals surface area contributed by atoms with Crippen LogP contribution in [-0.2, 0) is 0 Å². The van der Waals surface area contributed by atoms with Gasteiger partial charge in [-0.25, -0.2) is 0 Å². The van der Waals surface area contributed by atoms with Crippen LogP contribution in [0.1, 0.15) is 0 Å². The summed E-state index contributed by atoms with van der Waals surface area (Å²) in [7, 11) is 0. The van der Waals surface area contributed by atoms with Crippen molar-refractivity contribution in [2.24, 2.45) is 0 Å². The topological polar surface area (TPSA) is 29.5 Å². The number of furan rings is 2. The number of hydrogen-bond acceptors (Lipinski definition) is 3. The maximum absolute atomic E-state index is 6.67. The molecule has 10 rings (SSSR count). The van der Waals surface area contributed by atoms with Crippen molar-refractivity contribution in [3.8, 4) is 22.3 Å². The smallest absolute Gasteiger partial charge is 0.147 e. The molecule has 0 unspecified atom stereocenters. The second kappa shape index (κ2) is 11.0. The molecule has 0 fully saturated rings. The van der Waals surface area contributed by atoms with Crippen LogP contribution in [0, 0.1) is 0 Å². The van der Waals surface area contributed by atoms with Crippen LogP contribution in [0.4, 0.5) is 17.1 Å². The molecular weight excluding hydrogens is 599 g/mol. The summed E-state index contributed by atoms with van der Waals surface area (Å²) in [5.74, 6) is 0. The molecule has 2 aromatic heterocycles. The van der Waals surface area contributed by atoms with Gasteiger partial charge in [-0.2, -0.15) is 0 Å². The zero-order chi connectivity index (χ0) is 32.3. The van der Waals surface area contributed by atoms with Crippen molar-refractivity contribution in [1.82, 2.24) is 0 Å². The molecule has 0 radical (unpaired) electrons. The lowest BCUT2D eigenvalue weighted by Crippen LogP contribution is -2.09. The third-order valence-corrected chi connectivity index (χ3v) is 9.66. The summed E-state index contributed by atoms with van der Waals surface area (Å²) in [6.07, 6.45) is 0. The van der Waals surface area contributed by atoms with Gasteiger partial charge in [0.2, 0.25) is 0 Å². The van der Waals surface area contributed by atoms with Crippen molar-refractivity contribution in [1.29, 1.82) is 0 Å². The molecule has 0 spiro atoms. The van der Waals surface area contributed by atoms with Gasteiger partial charge >= 0.3 is 0 Å². The Morgan fingerprint density at radius 2 is 0.776 bits per heavy atom. The Morgan fingerprint density at radius 1 is 0.306 bits per heavy atom. The first-order chi connectivity index (χ1) is 24.3. The Kier molecular flexibility index (Phi) is 6.18. The normalized spacial score (nSPS) is 11.7. The zero-order valence-electron chi connectivity index (χ0n) is 26.5. The van der Waals surface area contributed by atoms with Crippen LogP contribution >= 0.6 is 0 Å². The average molecular weight is 628 g/mol. The maximum Gasteiger partial charge on any atom is 0.147 e. The van der Waals surface area contributed by atoms with E-state index in [9.17, 15) is 0 Å². The first-order valence-corrected chi connectivity index (χ1v) is 16.6. The van der Waals surface area contributed by atoms with E-state index in [1.807, 2.05) is 12.1 Å². The van der Waals surface area contributed by atoms with Gasteiger partial charge in [0.05, 0.1) is 5.39 Å². The van der Waals surface area contributed by atoms with Gasteiger partial charge in [0.25, 0.3) is 0 Å². The van der Waals surface area contributed by atoms with E-state index in [-0.39, 0.29) is 0 Å². The molecule has 0 amide bonds. The van der Waals surface area contributed by atoms with E-state index in [1.54, 1.807) is 0 Å². The van der Waals surface area contributed by atoms with Crippen molar-refractivity contribution in [3.05, 3.63) is 176 Å². The Balaban J connectivity index is 1.20. The fourth-order valence-electron chi connectivity index (χ4n) is 7.34. The molecule has 0 aliphatic carbocycles. The standard InChI is InChI=1S/C46H29NO2/c1-3-11-30(12-4-1)32-19-23-34(24-20-32)47(35-25-21-33(22-26-35)31-13-5-2-6-14-31)36-27-28-42-40(29-36)44-45(48-42)38-16-8-7-15-37(38)43-39-17-9-10-18-41(39)49-46(43)44/h1-29H. The summed E-state index contributed by atoms with van der Waals surface area (Å²) in [6, 6.07) is 61.9. The molecule has 0 aliphatic heterocycles. The third-order valence-electron chi connectivity index (χ3n) is 9.66. The van der Waals surface area contributed by atoms with E-state index in [0.717, 1.165) is 71.7 Å². The monoisotopic (exact) mass is 627 g/mol. The van der Waals surface area contributed by atoms with E-state index in [2.05, 4.69) is 169 Å². The highest BCUT2D eigenvalue weighted by molar-refractivity contribution is 6.33. The third kappa shape index (κ3) is 4.44. The number of fused-ring (bicyclic) bond motifs is 10. The molecule has 0 N–H and O–H groups in total. The van der Waals surface area contributed by atoms with Crippen molar-refractivity contribution in [3.63, 3.8) is 0 Å². The van der Waals surface area contributed by atoms with Gasteiger partial charge < -0.3 is 13.7 Å². The summed E-state index contributed by atoms with van der Waals surface area (Å²) in [5.41, 5.74) is 11.3. The first kappa shape index (κ1) is 27.5. The second-order valence-electron chi connectivity index (χ2n) is 12.5. The molecule has 3 heteroatoms. The highest BCUT2D eigenvalue weighted by Crippen LogP contribution is 2.46. The number of nitrogens with zero attached hydrogens (tertiary/aromatic N) is 1. The molecule has 3 nitrogen and oxygen atoms in total. The molecule has 2 heterocycles. The minimum absolute atomic E-state index is 0.829. The largest absolute Gasteiger partial charge is 0.455 e. The minimum Gasteiger partial charge on any atom is -0.455 e. The van der Waals surface area contributed by atoms with Crippen LogP contribution in [-0.4, -0.2) is 0 Å². The van der Waals surface area contributed by atoms with Crippen molar-refractivity contribution in [2.45, 2.75) is 0 Å². The fraction of sp³-hybridized carbons (Fsp3) is 0. The molecule has 0 aliphatic rings. The summed E-state index contributed by atoms with van der Waals surface area (Å²) in [6.45, 7) is 0. The van der Waals surface area contributed by atoms with Gasteiger partial charge in [0.15, 0.2) is 0 Å². The van der Waals surface area contributed by atoms with Crippen molar-refractivity contribution >= 4 is 71.7 Å². The number of para-hydroxylation sites is 1. The molecule has 0 atom stereocenters. The minimum atomic E-state index is 0.829. The maximum atomic E-state index is 6.67. The summed E-state index contributed by atoms with van der Waals surface area (Å²) in [5, 5.41) is 6.47. The molecule has 10 aromatic rings. The number of hydrogen-bond donors (Lipinski definition) is 0. The number of benzene rings is 8. The Labute approximate surface area is 282 Å². The van der Waals surface area contributed by atoms with Gasteiger partial charge in [-0.1, -0.05) is 127 Å². The van der Waals surface area contributed by atoms with Crippen LogP contribution in [0.3, 0.4) is 0 Å². The molecule has 0 bridgehead atoms. The van der Waals surface area contributed by atoms with Crippen molar-refractivity contribution in [2.75, 3.05) is 4.90 Å². The summed E-state index contributed by atoms with van der Waals surface area (Å²) < 4.78 is 13.3.